The molecule has 0 unspecified atom stereocenters. The SMILES string of the molecule is [NH3+]Cc1cccc(OCC[NH+]2CCOCC2)c1. The Balaban J connectivity index is 1.73. The second-order valence-corrected chi connectivity index (χ2v) is 4.36. The predicted octanol–water partition coefficient (Wildman–Crippen LogP) is -1.28. The van der Waals surface area contributed by atoms with Crippen LogP contribution < -0.4 is 15.4 Å². The Morgan fingerprint density at radius 2 is 2.12 bits per heavy atom. The van der Waals surface area contributed by atoms with Crippen molar-refractivity contribution < 1.29 is 20.1 Å². The highest BCUT2D eigenvalue weighted by Crippen LogP contribution is 2.11. The Bertz CT molecular complexity index is 338. The number of nitrogens with one attached hydrogen (secondary N) is 1. The monoisotopic (exact) mass is 238 g/mol. The number of hydrogen-bond donors (Lipinski definition) is 2. The summed E-state index contributed by atoms with van der Waals surface area (Å²) in [6.07, 6.45) is 0. The van der Waals surface area contributed by atoms with Gasteiger partial charge in [-0.25, -0.2) is 0 Å². The topological polar surface area (TPSA) is 50.5 Å². The van der Waals surface area contributed by atoms with Crippen LogP contribution in [0.2, 0.25) is 0 Å². The normalized spacial score (nSPS) is 17.0. The Morgan fingerprint density at radius 3 is 2.88 bits per heavy atom. The van der Waals surface area contributed by atoms with E-state index in [0.29, 0.717) is 0 Å². The first-order chi connectivity index (χ1) is 8.38. The minimum absolute atomic E-state index is 0.774. The van der Waals surface area contributed by atoms with Crippen molar-refractivity contribution in [2.75, 3.05) is 39.5 Å². The molecule has 0 aromatic heterocycles. The predicted molar refractivity (Wildman–Crippen MR) is 64.9 cm³/mol. The minimum atomic E-state index is 0.774. The molecule has 0 spiro atoms. The number of morpholine rings is 1. The van der Waals surface area contributed by atoms with Crippen molar-refractivity contribution in [2.24, 2.45) is 0 Å². The van der Waals surface area contributed by atoms with Gasteiger partial charge >= 0.3 is 0 Å². The van der Waals surface area contributed by atoms with Gasteiger partial charge in [-0.05, 0) is 12.1 Å². The van der Waals surface area contributed by atoms with Gasteiger partial charge in [-0.3, -0.25) is 0 Å². The van der Waals surface area contributed by atoms with Crippen molar-refractivity contribution in [3.05, 3.63) is 29.8 Å². The molecule has 0 atom stereocenters. The molecule has 1 aliphatic heterocycles. The Labute approximate surface area is 102 Å². The van der Waals surface area contributed by atoms with Crippen LogP contribution >= 0.6 is 0 Å². The molecule has 4 N–H and O–H groups in total. The molecule has 94 valence electrons. The third kappa shape index (κ3) is 4.00. The molecular weight excluding hydrogens is 216 g/mol. The van der Waals surface area contributed by atoms with E-state index in [1.807, 2.05) is 12.1 Å². The van der Waals surface area contributed by atoms with Crippen LogP contribution in [0, 0.1) is 0 Å². The third-order valence-corrected chi connectivity index (χ3v) is 3.11. The van der Waals surface area contributed by atoms with Crippen molar-refractivity contribution in [3.63, 3.8) is 0 Å². The zero-order valence-corrected chi connectivity index (χ0v) is 10.3. The van der Waals surface area contributed by atoms with Crippen LogP contribution in [0.1, 0.15) is 5.56 Å². The fourth-order valence-electron chi connectivity index (χ4n) is 2.01. The van der Waals surface area contributed by atoms with E-state index in [4.69, 9.17) is 9.47 Å². The molecule has 0 aliphatic carbocycles. The van der Waals surface area contributed by atoms with Crippen molar-refractivity contribution in [2.45, 2.75) is 6.54 Å². The fourth-order valence-corrected chi connectivity index (χ4v) is 2.01. The van der Waals surface area contributed by atoms with Crippen LogP contribution in [0.25, 0.3) is 0 Å². The largest absolute Gasteiger partial charge is 0.488 e. The lowest BCUT2D eigenvalue weighted by Gasteiger charge is -2.23. The van der Waals surface area contributed by atoms with Crippen molar-refractivity contribution in [3.8, 4) is 5.75 Å². The average molecular weight is 238 g/mol. The van der Waals surface area contributed by atoms with E-state index in [9.17, 15) is 0 Å². The second kappa shape index (κ2) is 6.59. The summed E-state index contributed by atoms with van der Waals surface area (Å²) in [6, 6.07) is 8.18. The van der Waals surface area contributed by atoms with Crippen molar-refractivity contribution >= 4 is 0 Å². The van der Waals surface area contributed by atoms with Gasteiger partial charge in [0.05, 0.1) is 19.8 Å². The summed E-state index contributed by atoms with van der Waals surface area (Å²) in [7, 11) is 0. The average Bonchev–Trinajstić information content (AvgIpc) is 2.40. The molecule has 4 nitrogen and oxygen atoms in total. The second-order valence-electron chi connectivity index (χ2n) is 4.36. The molecule has 0 saturated carbocycles. The maximum absolute atomic E-state index is 5.76. The molecule has 17 heavy (non-hydrogen) atoms. The molecule has 4 heteroatoms. The Morgan fingerprint density at radius 1 is 1.29 bits per heavy atom. The number of rotatable bonds is 5. The lowest BCUT2D eigenvalue weighted by molar-refractivity contribution is -0.908. The summed E-state index contributed by atoms with van der Waals surface area (Å²) in [6.45, 7) is 6.60. The van der Waals surface area contributed by atoms with Gasteiger partial charge < -0.3 is 20.1 Å². The highest BCUT2D eigenvalue weighted by molar-refractivity contribution is 5.27. The van der Waals surface area contributed by atoms with Gasteiger partial charge in [-0.1, -0.05) is 12.1 Å². The first-order valence-electron chi connectivity index (χ1n) is 6.31. The van der Waals surface area contributed by atoms with E-state index in [1.165, 1.54) is 5.56 Å². The molecular formula is C13H22N2O2+2. The van der Waals surface area contributed by atoms with Crippen LogP contribution in [0.4, 0.5) is 0 Å². The van der Waals surface area contributed by atoms with E-state index in [-0.39, 0.29) is 0 Å². The van der Waals surface area contributed by atoms with Gasteiger partial charge in [-0.2, -0.15) is 0 Å². The quantitative estimate of drug-likeness (QED) is 0.671. The molecule has 0 radical (unpaired) electrons. The molecule has 0 amide bonds. The molecule has 0 bridgehead atoms. The van der Waals surface area contributed by atoms with E-state index in [1.54, 1.807) is 4.90 Å². The Kier molecular flexibility index (Phi) is 4.79. The summed E-state index contributed by atoms with van der Waals surface area (Å²) >= 11 is 0. The zero-order chi connectivity index (χ0) is 11.9. The first-order valence-corrected chi connectivity index (χ1v) is 6.31. The standard InChI is InChI=1S/C13H20N2O2/c14-11-12-2-1-3-13(10-12)17-9-6-15-4-7-16-8-5-15/h1-3,10H,4-9,11,14H2/p+2. The third-order valence-electron chi connectivity index (χ3n) is 3.11. The van der Waals surface area contributed by atoms with Gasteiger partial charge in [-0.15, -0.1) is 0 Å². The van der Waals surface area contributed by atoms with E-state index in [2.05, 4.69) is 17.9 Å². The van der Waals surface area contributed by atoms with E-state index in [0.717, 1.165) is 51.7 Å². The lowest BCUT2D eigenvalue weighted by atomic mass is 10.2. The Hall–Kier alpha value is -1.10. The van der Waals surface area contributed by atoms with Crippen LogP contribution in [0.15, 0.2) is 24.3 Å². The summed E-state index contributed by atoms with van der Waals surface area (Å²) in [4.78, 5) is 1.57. The number of quaternary nitrogens is 2. The van der Waals surface area contributed by atoms with Gasteiger partial charge in [0, 0.05) is 5.56 Å². The van der Waals surface area contributed by atoms with Gasteiger partial charge in [0.1, 0.15) is 32.0 Å². The lowest BCUT2D eigenvalue weighted by Crippen LogP contribution is -3.14. The molecule has 1 saturated heterocycles. The molecule has 1 aromatic carbocycles. The van der Waals surface area contributed by atoms with Crippen LogP contribution in [0.3, 0.4) is 0 Å². The van der Waals surface area contributed by atoms with Crippen LogP contribution in [-0.2, 0) is 11.3 Å². The number of benzene rings is 1. The molecule has 1 heterocycles. The highest BCUT2D eigenvalue weighted by Gasteiger charge is 2.13. The zero-order valence-electron chi connectivity index (χ0n) is 10.3. The first kappa shape index (κ1) is 12.4. The number of ether oxygens (including phenoxy) is 2. The van der Waals surface area contributed by atoms with E-state index < -0.39 is 0 Å². The molecule has 1 aromatic rings. The van der Waals surface area contributed by atoms with Crippen LogP contribution in [0.5, 0.6) is 5.75 Å². The molecule has 1 fully saturated rings. The van der Waals surface area contributed by atoms with E-state index >= 15 is 0 Å². The van der Waals surface area contributed by atoms with Gasteiger partial charge in [0.15, 0.2) is 0 Å². The van der Waals surface area contributed by atoms with Gasteiger partial charge in [0.2, 0.25) is 0 Å². The summed E-state index contributed by atoms with van der Waals surface area (Å²) in [5, 5.41) is 0. The molecule has 2 rings (SSSR count). The maximum atomic E-state index is 5.76. The summed E-state index contributed by atoms with van der Waals surface area (Å²) in [5.74, 6) is 0.957. The smallest absolute Gasteiger partial charge is 0.137 e. The van der Waals surface area contributed by atoms with Crippen molar-refractivity contribution in [1.82, 2.24) is 0 Å². The minimum Gasteiger partial charge on any atom is -0.488 e. The summed E-state index contributed by atoms with van der Waals surface area (Å²) < 4.78 is 11.1. The summed E-state index contributed by atoms with van der Waals surface area (Å²) in [5.41, 5.74) is 5.10. The van der Waals surface area contributed by atoms with Gasteiger partial charge in [0.25, 0.3) is 0 Å². The van der Waals surface area contributed by atoms with Crippen molar-refractivity contribution in [1.29, 1.82) is 0 Å². The highest BCUT2D eigenvalue weighted by atomic mass is 16.5. The molecule has 1 aliphatic rings. The van der Waals surface area contributed by atoms with Crippen LogP contribution in [-0.4, -0.2) is 39.5 Å². The maximum Gasteiger partial charge on any atom is 0.137 e. The fraction of sp³-hybridized carbons (Fsp3) is 0.538. The number of hydrogen-bond acceptors (Lipinski definition) is 2.